The van der Waals surface area contributed by atoms with Crippen molar-refractivity contribution in [2.45, 2.75) is 44.6 Å². The maximum atomic E-state index is 5.20. The summed E-state index contributed by atoms with van der Waals surface area (Å²) in [5.41, 5.74) is 0. The van der Waals surface area contributed by atoms with E-state index in [0.717, 1.165) is 24.0 Å². The van der Waals surface area contributed by atoms with E-state index in [1.165, 1.54) is 12.5 Å². The van der Waals surface area contributed by atoms with Gasteiger partial charge in [-0.1, -0.05) is 25.7 Å². The van der Waals surface area contributed by atoms with Crippen LogP contribution >= 0.6 is 25.3 Å². The van der Waals surface area contributed by atoms with Crippen LogP contribution in [-0.4, -0.2) is 49.7 Å². The summed E-state index contributed by atoms with van der Waals surface area (Å²) in [5, 5.41) is 0. The van der Waals surface area contributed by atoms with E-state index in [4.69, 9.17) is 13.3 Å². The molecule has 0 aliphatic carbocycles. The summed E-state index contributed by atoms with van der Waals surface area (Å²) >= 11 is 8.26. The van der Waals surface area contributed by atoms with Gasteiger partial charge in [0, 0.05) is 35.4 Å². The predicted molar refractivity (Wildman–Crippen MR) is 96.7 cm³/mol. The molecule has 0 aliphatic heterocycles. The van der Waals surface area contributed by atoms with Crippen molar-refractivity contribution in [1.82, 2.24) is 0 Å². The Bertz CT molecular complexity index is 190. The fraction of sp³-hybridized carbons (Fsp3) is 1.00. The van der Waals surface area contributed by atoms with E-state index >= 15 is 0 Å². The van der Waals surface area contributed by atoms with E-state index in [1.807, 2.05) is 0 Å². The van der Waals surface area contributed by atoms with Crippen LogP contribution in [0.25, 0.3) is 0 Å². The van der Waals surface area contributed by atoms with Crippen LogP contribution < -0.4 is 0 Å². The molecule has 0 fully saturated rings. The third-order valence-corrected chi connectivity index (χ3v) is 7.98. The summed E-state index contributed by atoms with van der Waals surface area (Å²) in [5.74, 6) is 1.90. The molecule has 0 saturated carbocycles. The first-order valence-electron chi connectivity index (χ1n) is 6.68. The van der Waals surface area contributed by atoms with Crippen molar-refractivity contribution in [1.29, 1.82) is 0 Å². The molecule has 0 amide bonds. The lowest BCUT2D eigenvalue weighted by molar-refractivity contribution is 0.123. The Labute approximate surface area is 133 Å². The average Bonchev–Trinajstić information content (AvgIpc) is 2.39. The van der Waals surface area contributed by atoms with E-state index in [2.05, 4.69) is 44.9 Å². The van der Waals surface area contributed by atoms with Gasteiger partial charge in [0.25, 0.3) is 0 Å². The van der Waals surface area contributed by atoms with Crippen molar-refractivity contribution in [2.24, 2.45) is 0 Å². The smallest absolute Gasteiger partial charge is 0.377 e. The Morgan fingerprint density at radius 2 is 1.11 bits per heavy atom. The Morgan fingerprint density at radius 1 is 0.737 bits per heavy atom. The highest BCUT2D eigenvalue weighted by Crippen LogP contribution is 2.14. The molecule has 118 valence electrons. The molecule has 0 aromatic carbocycles. The second-order valence-electron chi connectivity index (χ2n) is 5.51. The van der Waals surface area contributed by atoms with Gasteiger partial charge in [0.05, 0.1) is 0 Å². The van der Waals surface area contributed by atoms with Crippen molar-refractivity contribution in [3.8, 4) is 0 Å². The highest BCUT2D eigenvalue weighted by Gasteiger charge is 2.36. The number of hydrogen-bond acceptors (Lipinski definition) is 5. The van der Waals surface area contributed by atoms with E-state index in [9.17, 15) is 0 Å². The zero-order valence-corrected chi connectivity index (χ0v) is 17.2. The van der Waals surface area contributed by atoms with Crippen LogP contribution in [0.5, 0.6) is 0 Å². The highest BCUT2D eigenvalue weighted by atomic mass is 32.1. The lowest BCUT2D eigenvalue weighted by Gasteiger charge is -2.23. The molecule has 0 unspecified atom stereocenters. The molecule has 0 aromatic heterocycles. The third kappa shape index (κ3) is 13.7. The molecular weight excluding hydrogens is 312 g/mol. The van der Waals surface area contributed by atoms with E-state index in [0.29, 0.717) is 0 Å². The van der Waals surface area contributed by atoms with Crippen LogP contribution in [-0.2, 0) is 13.3 Å². The minimum Gasteiger partial charge on any atom is -0.377 e. The SMILES string of the molecule is CO[Si](CCCS)(OC)OC.C[Si](C)(C)CCCS. The van der Waals surface area contributed by atoms with Crippen molar-refractivity contribution < 1.29 is 13.3 Å². The Morgan fingerprint density at radius 3 is 1.32 bits per heavy atom. The van der Waals surface area contributed by atoms with E-state index in [1.54, 1.807) is 21.3 Å². The summed E-state index contributed by atoms with van der Waals surface area (Å²) in [6.45, 7) is 7.20. The van der Waals surface area contributed by atoms with Gasteiger partial charge in [-0.25, -0.2) is 0 Å². The van der Waals surface area contributed by atoms with Gasteiger partial charge in [0.1, 0.15) is 0 Å². The second-order valence-corrected chi connectivity index (χ2v) is 15.1. The topological polar surface area (TPSA) is 27.7 Å². The fourth-order valence-electron chi connectivity index (χ4n) is 1.46. The average molecular weight is 345 g/mol. The first kappa shape index (κ1) is 22.3. The van der Waals surface area contributed by atoms with Crippen LogP contribution in [0.2, 0.25) is 31.7 Å². The van der Waals surface area contributed by atoms with Gasteiger partial charge < -0.3 is 13.3 Å². The maximum Gasteiger partial charge on any atom is 0.500 e. The summed E-state index contributed by atoms with van der Waals surface area (Å²) in [4.78, 5) is 0. The van der Waals surface area contributed by atoms with Crippen LogP contribution in [0.3, 0.4) is 0 Å². The first-order valence-corrected chi connectivity index (χ1v) is 13.6. The molecule has 0 aromatic rings. The molecule has 0 atom stereocenters. The third-order valence-electron chi connectivity index (χ3n) is 2.66. The normalized spacial score (nSPS) is 12.0. The summed E-state index contributed by atoms with van der Waals surface area (Å²) in [6, 6.07) is 2.26. The van der Waals surface area contributed by atoms with Crippen LogP contribution in [0.15, 0.2) is 0 Å². The first-order chi connectivity index (χ1) is 8.80. The van der Waals surface area contributed by atoms with Gasteiger partial charge in [-0.05, 0) is 24.3 Å². The van der Waals surface area contributed by atoms with Crippen LogP contribution in [0, 0.1) is 0 Å². The second kappa shape index (κ2) is 12.7. The quantitative estimate of drug-likeness (QED) is 0.492. The number of hydrogen-bond donors (Lipinski definition) is 2. The van der Waals surface area contributed by atoms with Gasteiger partial charge in [-0.15, -0.1) is 0 Å². The van der Waals surface area contributed by atoms with Crippen molar-refractivity contribution in [2.75, 3.05) is 32.8 Å². The molecule has 0 spiro atoms. The van der Waals surface area contributed by atoms with Crippen molar-refractivity contribution in [3.63, 3.8) is 0 Å². The van der Waals surface area contributed by atoms with Gasteiger partial charge in [-0.3, -0.25) is 0 Å². The van der Waals surface area contributed by atoms with Crippen LogP contribution in [0.4, 0.5) is 0 Å². The van der Waals surface area contributed by atoms with Gasteiger partial charge in [-0.2, -0.15) is 25.3 Å². The largest absolute Gasteiger partial charge is 0.500 e. The Balaban J connectivity index is 0. The molecule has 0 rings (SSSR count). The molecule has 0 heterocycles. The minimum atomic E-state index is -2.29. The Kier molecular flexibility index (Phi) is 14.9. The van der Waals surface area contributed by atoms with E-state index in [-0.39, 0.29) is 0 Å². The monoisotopic (exact) mass is 344 g/mol. The highest BCUT2D eigenvalue weighted by molar-refractivity contribution is 7.80. The number of rotatable bonds is 9. The molecule has 3 nitrogen and oxygen atoms in total. The zero-order valence-electron chi connectivity index (χ0n) is 13.4. The van der Waals surface area contributed by atoms with Gasteiger partial charge in [0.15, 0.2) is 0 Å². The lowest BCUT2D eigenvalue weighted by Crippen LogP contribution is -2.42. The molecule has 0 radical (unpaired) electrons. The molecule has 0 N–H and O–H groups in total. The number of thiol groups is 2. The minimum absolute atomic E-state index is 0.727. The molecule has 0 bridgehead atoms. The maximum absolute atomic E-state index is 5.20. The molecular formula is C12H32O3S2Si2. The summed E-state index contributed by atoms with van der Waals surface area (Å²) in [7, 11) is 1.85. The molecule has 19 heavy (non-hydrogen) atoms. The van der Waals surface area contributed by atoms with Gasteiger partial charge >= 0.3 is 8.80 Å². The van der Waals surface area contributed by atoms with Crippen molar-refractivity contribution in [3.05, 3.63) is 0 Å². The predicted octanol–water partition coefficient (Wildman–Crippen LogP) is 3.83. The standard InChI is InChI=1S/C6H16O3SSi.C6H16SSi/c1-7-11(8-2,9-3)6-4-5-10;1-8(2,3)6-4-5-7/h10H,4-6H2,1-3H3;7H,4-6H2,1-3H3. The lowest BCUT2D eigenvalue weighted by atomic mass is 10.6. The molecule has 0 saturated heterocycles. The summed E-state index contributed by atoms with van der Waals surface area (Å²) in [6.07, 6.45) is 2.27. The van der Waals surface area contributed by atoms with Crippen LogP contribution in [0.1, 0.15) is 12.8 Å². The summed E-state index contributed by atoms with van der Waals surface area (Å²) < 4.78 is 15.6. The zero-order chi connectivity index (χ0) is 15.4. The fourth-order valence-corrected chi connectivity index (χ4v) is 5.33. The van der Waals surface area contributed by atoms with Gasteiger partial charge in [0.2, 0.25) is 0 Å². The molecule has 7 heteroatoms. The van der Waals surface area contributed by atoms with Crippen molar-refractivity contribution >= 4 is 42.1 Å². The molecule has 0 aliphatic rings. The Hall–Kier alpha value is 1.01. The van der Waals surface area contributed by atoms with E-state index < -0.39 is 16.9 Å².